The molecule has 90 valence electrons. The van der Waals surface area contributed by atoms with Crippen LogP contribution >= 0.6 is 0 Å². The van der Waals surface area contributed by atoms with E-state index >= 15 is 0 Å². The number of fused-ring (bicyclic) bond motifs is 1. The van der Waals surface area contributed by atoms with Crippen LogP contribution in [0.15, 0.2) is 43.1 Å². The lowest BCUT2D eigenvalue weighted by molar-refractivity contribution is 0.314. The lowest BCUT2D eigenvalue weighted by atomic mass is 10.1. The summed E-state index contributed by atoms with van der Waals surface area (Å²) in [6.45, 7) is 4.25. The summed E-state index contributed by atoms with van der Waals surface area (Å²) in [4.78, 5) is 4.24. The van der Waals surface area contributed by atoms with Crippen LogP contribution in [0, 0.1) is 11.3 Å². The first-order chi connectivity index (χ1) is 8.86. The average Bonchev–Trinajstić information content (AvgIpc) is 2.43. The van der Waals surface area contributed by atoms with Crippen molar-refractivity contribution in [2.24, 2.45) is 0 Å². The molecule has 0 aliphatic rings. The summed E-state index contributed by atoms with van der Waals surface area (Å²) in [5.41, 5.74) is 1.32. The van der Waals surface area contributed by atoms with Crippen molar-refractivity contribution < 1.29 is 4.74 Å². The Morgan fingerprint density at radius 3 is 3.00 bits per heavy atom. The number of nitrogens with zero attached hydrogens (tertiary/aromatic N) is 2. The van der Waals surface area contributed by atoms with Crippen molar-refractivity contribution in [1.82, 2.24) is 4.98 Å². The van der Waals surface area contributed by atoms with Gasteiger partial charge in [-0.3, -0.25) is 4.98 Å². The molecule has 0 aliphatic heterocycles. The smallest absolute Gasteiger partial charge is 0.148 e. The number of aromatic nitrogens is 1. The van der Waals surface area contributed by atoms with Crippen LogP contribution in [0.5, 0.6) is 5.75 Å². The first kappa shape index (κ1) is 12.1. The Morgan fingerprint density at radius 1 is 1.39 bits per heavy atom. The standard InChI is InChI=1S/C15H14N2O/c1-2-3-6-9-18-15-12(10-16)11-17-14-8-5-4-7-13(14)15/h2,4-5,7-8,11H,1,3,6,9H2. The number of nitriles is 1. The number of hydrogen-bond acceptors (Lipinski definition) is 3. The molecule has 3 nitrogen and oxygen atoms in total. The quantitative estimate of drug-likeness (QED) is 0.592. The fraction of sp³-hybridized carbons (Fsp3) is 0.200. The first-order valence-electron chi connectivity index (χ1n) is 5.88. The zero-order valence-corrected chi connectivity index (χ0v) is 10.1. The molecule has 0 bridgehead atoms. The fourth-order valence-electron chi connectivity index (χ4n) is 1.75. The molecule has 0 N–H and O–H groups in total. The number of para-hydroxylation sites is 1. The van der Waals surface area contributed by atoms with Gasteiger partial charge in [0.1, 0.15) is 17.4 Å². The molecule has 0 unspecified atom stereocenters. The van der Waals surface area contributed by atoms with Crippen LogP contribution in [0.1, 0.15) is 18.4 Å². The van der Waals surface area contributed by atoms with Gasteiger partial charge in [-0.2, -0.15) is 5.26 Å². The summed E-state index contributed by atoms with van der Waals surface area (Å²) < 4.78 is 5.73. The number of unbranched alkanes of at least 4 members (excludes halogenated alkanes) is 1. The number of allylic oxidation sites excluding steroid dienone is 1. The van der Waals surface area contributed by atoms with Crippen molar-refractivity contribution in [1.29, 1.82) is 5.26 Å². The molecule has 0 aliphatic carbocycles. The molecule has 0 amide bonds. The van der Waals surface area contributed by atoms with E-state index in [2.05, 4.69) is 17.6 Å². The van der Waals surface area contributed by atoms with E-state index in [0.29, 0.717) is 17.9 Å². The topological polar surface area (TPSA) is 45.9 Å². The fourth-order valence-corrected chi connectivity index (χ4v) is 1.75. The lowest BCUT2D eigenvalue weighted by Gasteiger charge is -2.10. The molecular weight excluding hydrogens is 224 g/mol. The molecular formula is C15H14N2O. The van der Waals surface area contributed by atoms with Crippen molar-refractivity contribution in [2.75, 3.05) is 6.61 Å². The second-order valence-corrected chi connectivity index (χ2v) is 3.91. The number of ether oxygens (including phenoxy) is 1. The molecule has 1 aromatic heterocycles. The third-order valence-electron chi connectivity index (χ3n) is 2.65. The molecule has 0 radical (unpaired) electrons. The van der Waals surface area contributed by atoms with E-state index in [1.54, 1.807) is 6.20 Å². The largest absolute Gasteiger partial charge is 0.491 e. The minimum absolute atomic E-state index is 0.479. The Labute approximate surface area is 106 Å². The monoisotopic (exact) mass is 238 g/mol. The van der Waals surface area contributed by atoms with Gasteiger partial charge in [0.15, 0.2) is 0 Å². The van der Waals surface area contributed by atoms with Crippen molar-refractivity contribution in [2.45, 2.75) is 12.8 Å². The Morgan fingerprint density at radius 2 is 2.22 bits per heavy atom. The van der Waals surface area contributed by atoms with Gasteiger partial charge in [0.25, 0.3) is 0 Å². The predicted octanol–water partition coefficient (Wildman–Crippen LogP) is 3.45. The average molecular weight is 238 g/mol. The summed E-state index contributed by atoms with van der Waals surface area (Å²) in [5, 5.41) is 9.98. The Kier molecular flexibility index (Phi) is 3.93. The van der Waals surface area contributed by atoms with Crippen LogP contribution in [-0.4, -0.2) is 11.6 Å². The van der Waals surface area contributed by atoms with Gasteiger partial charge in [-0.05, 0) is 25.0 Å². The van der Waals surface area contributed by atoms with Crippen LogP contribution in [0.2, 0.25) is 0 Å². The van der Waals surface area contributed by atoms with Gasteiger partial charge in [-0.15, -0.1) is 6.58 Å². The highest BCUT2D eigenvalue weighted by molar-refractivity contribution is 5.86. The normalized spacial score (nSPS) is 9.94. The van der Waals surface area contributed by atoms with Crippen molar-refractivity contribution >= 4 is 10.9 Å². The molecule has 0 atom stereocenters. The SMILES string of the molecule is C=CCCCOc1c(C#N)cnc2ccccc12. The molecule has 0 saturated heterocycles. The predicted molar refractivity (Wildman–Crippen MR) is 71.4 cm³/mol. The van der Waals surface area contributed by atoms with Gasteiger partial charge in [0, 0.05) is 11.6 Å². The summed E-state index contributed by atoms with van der Waals surface area (Å²) in [5.74, 6) is 0.632. The van der Waals surface area contributed by atoms with Gasteiger partial charge in [0.05, 0.1) is 12.1 Å². The molecule has 1 heterocycles. The zero-order valence-electron chi connectivity index (χ0n) is 10.1. The molecule has 0 fully saturated rings. The molecule has 2 aromatic rings. The highest BCUT2D eigenvalue weighted by atomic mass is 16.5. The number of hydrogen-bond donors (Lipinski definition) is 0. The minimum atomic E-state index is 0.479. The van der Waals surface area contributed by atoms with Gasteiger partial charge in [-0.1, -0.05) is 18.2 Å². The van der Waals surface area contributed by atoms with E-state index in [4.69, 9.17) is 10.00 Å². The van der Waals surface area contributed by atoms with Crippen LogP contribution in [-0.2, 0) is 0 Å². The van der Waals surface area contributed by atoms with Gasteiger partial charge in [0.2, 0.25) is 0 Å². The van der Waals surface area contributed by atoms with Gasteiger partial charge < -0.3 is 4.74 Å². The van der Waals surface area contributed by atoms with E-state index in [9.17, 15) is 0 Å². The highest BCUT2D eigenvalue weighted by Crippen LogP contribution is 2.27. The molecule has 1 aromatic carbocycles. The third kappa shape index (κ3) is 2.49. The Hall–Kier alpha value is -2.34. The number of pyridine rings is 1. The highest BCUT2D eigenvalue weighted by Gasteiger charge is 2.09. The maximum absolute atomic E-state index is 9.09. The zero-order chi connectivity index (χ0) is 12.8. The van der Waals surface area contributed by atoms with Gasteiger partial charge in [-0.25, -0.2) is 0 Å². The number of rotatable bonds is 5. The second kappa shape index (κ2) is 5.83. The second-order valence-electron chi connectivity index (χ2n) is 3.91. The maximum Gasteiger partial charge on any atom is 0.148 e. The van der Waals surface area contributed by atoms with Gasteiger partial charge >= 0.3 is 0 Å². The molecule has 18 heavy (non-hydrogen) atoms. The number of benzene rings is 1. The van der Waals surface area contributed by atoms with Crippen LogP contribution < -0.4 is 4.74 Å². The molecule has 2 rings (SSSR count). The van der Waals surface area contributed by atoms with E-state index in [-0.39, 0.29) is 0 Å². The van der Waals surface area contributed by atoms with Crippen LogP contribution in [0.3, 0.4) is 0 Å². The van der Waals surface area contributed by atoms with Crippen molar-refractivity contribution in [3.63, 3.8) is 0 Å². The Balaban J connectivity index is 2.33. The summed E-state index contributed by atoms with van der Waals surface area (Å²) >= 11 is 0. The van der Waals surface area contributed by atoms with Crippen molar-refractivity contribution in [3.05, 3.63) is 48.7 Å². The van der Waals surface area contributed by atoms with E-state index in [1.807, 2.05) is 30.3 Å². The Bertz CT molecular complexity index is 599. The summed E-state index contributed by atoms with van der Waals surface area (Å²) in [6, 6.07) is 9.79. The summed E-state index contributed by atoms with van der Waals surface area (Å²) in [6.07, 6.45) is 5.22. The molecule has 0 saturated carbocycles. The van der Waals surface area contributed by atoms with Crippen molar-refractivity contribution in [3.8, 4) is 11.8 Å². The molecule has 3 heteroatoms. The maximum atomic E-state index is 9.09. The van der Waals surface area contributed by atoms with Crippen LogP contribution in [0.25, 0.3) is 10.9 Å². The first-order valence-corrected chi connectivity index (χ1v) is 5.88. The van der Waals surface area contributed by atoms with E-state index < -0.39 is 0 Å². The molecule has 0 spiro atoms. The summed E-state index contributed by atoms with van der Waals surface area (Å²) in [7, 11) is 0. The van der Waals surface area contributed by atoms with E-state index in [1.165, 1.54) is 0 Å². The third-order valence-corrected chi connectivity index (χ3v) is 2.65. The van der Waals surface area contributed by atoms with Crippen LogP contribution in [0.4, 0.5) is 0 Å². The lowest BCUT2D eigenvalue weighted by Crippen LogP contribution is -2.00. The van der Waals surface area contributed by atoms with E-state index in [0.717, 1.165) is 23.7 Å². The minimum Gasteiger partial charge on any atom is -0.491 e.